The van der Waals surface area contributed by atoms with Crippen LogP contribution in [0.15, 0.2) is 24.3 Å². The molecule has 1 heterocycles. The minimum atomic E-state index is -1.15. The normalized spacial score (nSPS) is 18.4. The molecule has 1 amide bonds. The molecule has 1 aromatic rings. The lowest BCUT2D eigenvalue weighted by atomic mass is 10.1. The molecular formula is C14H14FNO4. The molecule has 1 fully saturated rings. The maximum atomic E-state index is 13.7. The Balaban J connectivity index is 2.04. The SMILES string of the molecule is O=C(O)C=Cc1ccc(NC(=O)C2CCOC2)cc1F. The van der Waals surface area contributed by atoms with E-state index >= 15 is 0 Å². The van der Waals surface area contributed by atoms with Crippen molar-refractivity contribution < 1.29 is 23.8 Å². The lowest BCUT2D eigenvalue weighted by Crippen LogP contribution is -2.22. The Labute approximate surface area is 115 Å². The average Bonchev–Trinajstić information content (AvgIpc) is 2.91. The monoisotopic (exact) mass is 279 g/mol. The third-order valence-corrected chi connectivity index (χ3v) is 2.97. The number of rotatable bonds is 4. The van der Waals surface area contributed by atoms with Crippen molar-refractivity contribution in [1.82, 2.24) is 0 Å². The van der Waals surface area contributed by atoms with Gasteiger partial charge in [-0.1, -0.05) is 0 Å². The summed E-state index contributed by atoms with van der Waals surface area (Å²) in [6.45, 7) is 0.944. The molecule has 1 aliphatic rings. The van der Waals surface area contributed by atoms with Crippen molar-refractivity contribution in [2.24, 2.45) is 5.92 Å². The van der Waals surface area contributed by atoms with Crippen LogP contribution in [0.4, 0.5) is 10.1 Å². The fourth-order valence-corrected chi connectivity index (χ4v) is 1.89. The molecule has 2 rings (SSSR count). The molecule has 5 nitrogen and oxygen atoms in total. The topological polar surface area (TPSA) is 75.6 Å². The number of benzene rings is 1. The number of aliphatic carboxylic acids is 1. The third kappa shape index (κ3) is 3.64. The molecule has 0 bridgehead atoms. The van der Waals surface area contributed by atoms with Crippen LogP contribution in [0.25, 0.3) is 6.08 Å². The molecule has 106 valence electrons. The molecule has 0 saturated carbocycles. The standard InChI is InChI=1S/C14H14FNO4/c15-12-7-11(3-1-9(12)2-4-13(17)18)16-14(19)10-5-6-20-8-10/h1-4,7,10H,5-6,8H2,(H,16,19)(H,17,18). The first-order valence-corrected chi connectivity index (χ1v) is 6.15. The Morgan fingerprint density at radius 3 is 2.85 bits per heavy atom. The van der Waals surface area contributed by atoms with E-state index in [9.17, 15) is 14.0 Å². The van der Waals surface area contributed by atoms with E-state index in [1.54, 1.807) is 0 Å². The van der Waals surface area contributed by atoms with Crippen molar-refractivity contribution in [1.29, 1.82) is 0 Å². The van der Waals surface area contributed by atoms with Gasteiger partial charge in [0, 0.05) is 23.9 Å². The number of carboxylic acid groups (broad SMARTS) is 1. The van der Waals surface area contributed by atoms with Gasteiger partial charge in [-0.2, -0.15) is 0 Å². The van der Waals surface area contributed by atoms with Gasteiger partial charge in [-0.3, -0.25) is 4.79 Å². The minimum absolute atomic E-state index is 0.148. The fourth-order valence-electron chi connectivity index (χ4n) is 1.89. The highest BCUT2D eigenvalue weighted by molar-refractivity contribution is 5.93. The van der Waals surface area contributed by atoms with E-state index in [1.807, 2.05) is 0 Å². The first-order chi connectivity index (χ1) is 9.56. The summed E-state index contributed by atoms with van der Waals surface area (Å²) in [5.74, 6) is -2.15. The zero-order valence-corrected chi connectivity index (χ0v) is 10.6. The number of nitrogens with one attached hydrogen (secondary N) is 1. The Bertz CT molecular complexity index is 550. The maximum Gasteiger partial charge on any atom is 0.328 e. The average molecular weight is 279 g/mol. The molecule has 20 heavy (non-hydrogen) atoms. The van der Waals surface area contributed by atoms with E-state index < -0.39 is 11.8 Å². The molecule has 0 aromatic heterocycles. The number of halogens is 1. The largest absolute Gasteiger partial charge is 0.478 e. The Hall–Kier alpha value is -2.21. The van der Waals surface area contributed by atoms with Gasteiger partial charge in [0.1, 0.15) is 5.82 Å². The van der Waals surface area contributed by atoms with Crippen LogP contribution in [0.1, 0.15) is 12.0 Å². The maximum absolute atomic E-state index is 13.7. The van der Waals surface area contributed by atoms with Crippen LogP contribution in [-0.2, 0) is 14.3 Å². The highest BCUT2D eigenvalue weighted by Gasteiger charge is 2.23. The van der Waals surface area contributed by atoms with Crippen LogP contribution in [0.3, 0.4) is 0 Å². The summed E-state index contributed by atoms with van der Waals surface area (Å²) in [6, 6.07) is 4.10. The van der Waals surface area contributed by atoms with Crippen molar-refractivity contribution >= 4 is 23.6 Å². The highest BCUT2D eigenvalue weighted by Crippen LogP contribution is 2.19. The predicted molar refractivity (Wildman–Crippen MR) is 70.6 cm³/mol. The molecule has 0 spiro atoms. The lowest BCUT2D eigenvalue weighted by Gasteiger charge is -2.09. The molecule has 0 radical (unpaired) electrons. The summed E-state index contributed by atoms with van der Waals surface area (Å²) < 4.78 is 18.8. The van der Waals surface area contributed by atoms with Crippen molar-refractivity contribution in [2.75, 3.05) is 18.5 Å². The number of hydrogen-bond donors (Lipinski definition) is 2. The third-order valence-electron chi connectivity index (χ3n) is 2.97. The minimum Gasteiger partial charge on any atom is -0.478 e. The summed E-state index contributed by atoms with van der Waals surface area (Å²) in [4.78, 5) is 22.2. The van der Waals surface area contributed by atoms with Crippen LogP contribution in [0.2, 0.25) is 0 Å². The molecule has 1 unspecified atom stereocenters. The fraction of sp³-hybridized carbons (Fsp3) is 0.286. The lowest BCUT2D eigenvalue weighted by molar-refractivity contribution is -0.131. The molecule has 6 heteroatoms. The quantitative estimate of drug-likeness (QED) is 0.825. The summed E-state index contributed by atoms with van der Waals surface area (Å²) in [7, 11) is 0. The van der Waals surface area contributed by atoms with E-state index in [1.165, 1.54) is 12.1 Å². The van der Waals surface area contributed by atoms with Gasteiger partial charge in [-0.15, -0.1) is 0 Å². The Morgan fingerprint density at radius 1 is 1.45 bits per heavy atom. The summed E-state index contributed by atoms with van der Waals surface area (Å²) in [5.41, 5.74) is 0.487. The van der Waals surface area contributed by atoms with Crippen LogP contribution in [0, 0.1) is 11.7 Å². The van der Waals surface area contributed by atoms with E-state index in [-0.39, 0.29) is 17.4 Å². The Kier molecular flexibility index (Phi) is 4.47. The van der Waals surface area contributed by atoms with Crippen molar-refractivity contribution in [3.63, 3.8) is 0 Å². The number of carbonyl (C=O) groups is 2. The van der Waals surface area contributed by atoms with Gasteiger partial charge in [0.2, 0.25) is 5.91 Å². The second kappa shape index (κ2) is 6.29. The number of anilines is 1. The van der Waals surface area contributed by atoms with Gasteiger partial charge >= 0.3 is 5.97 Å². The number of carbonyl (C=O) groups excluding carboxylic acids is 1. The first kappa shape index (κ1) is 14.2. The molecule has 1 atom stereocenters. The van der Waals surface area contributed by atoms with Crippen molar-refractivity contribution in [3.8, 4) is 0 Å². The van der Waals surface area contributed by atoms with Gasteiger partial charge < -0.3 is 15.2 Å². The zero-order valence-electron chi connectivity index (χ0n) is 10.6. The summed E-state index contributed by atoms with van der Waals surface area (Å²) >= 11 is 0. The Morgan fingerprint density at radius 2 is 2.25 bits per heavy atom. The zero-order chi connectivity index (χ0) is 14.5. The van der Waals surface area contributed by atoms with Gasteiger partial charge in [-0.05, 0) is 30.7 Å². The highest BCUT2D eigenvalue weighted by atomic mass is 19.1. The summed E-state index contributed by atoms with van der Waals surface area (Å²) in [6.07, 6.45) is 2.67. The van der Waals surface area contributed by atoms with Crippen LogP contribution in [0.5, 0.6) is 0 Å². The van der Waals surface area contributed by atoms with Gasteiger partial charge in [-0.25, -0.2) is 9.18 Å². The smallest absolute Gasteiger partial charge is 0.328 e. The number of hydrogen-bond acceptors (Lipinski definition) is 3. The van der Waals surface area contributed by atoms with Crippen molar-refractivity contribution in [2.45, 2.75) is 6.42 Å². The van der Waals surface area contributed by atoms with Gasteiger partial charge in [0.25, 0.3) is 0 Å². The summed E-state index contributed by atoms with van der Waals surface area (Å²) in [5, 5.41) is 11.1. The van der Waals surface area contributed by atoms with E-state index in [4.69, 9.17) is 9.84 Å². The predicted octanol–water partition coefficient (Wildman–Crippen LogP) is 1.90. The molecular weight excluding hydrogens is 265 g/mol. The van der Waals surface area contributed by atoms with Gasteiger partial charge in [0.15, 0.2) is 0 Å². The first-order valence-electron chi connectivity index (χ1n) is 6.15. The second-order valence-corrected chi connectivity index (χ2v) is 4.46. The number of amides is 1. The van der Waals surface area contributed by atoms with E-state index in [0.29, 0.717) is 25.3 Å². The van der Waals surface area contributed by atoms with Crippen LogP contribution >= 0.6 is 0 Å². The second-order valence-electron chi connectivity index (χ2n) is 4.46. The molecule has 2 N–H and O–H groups in total. The number of carboxylic acids is 1. The number of ether oxygens (including phenoxy) is 1. The molecule has 1 aliphatic heterocycles. The van der Waals surface area contributed by atoms with E-state index in [2.05, 4.69) is 5.32 Å². The molecule has 1 saturated heterocycles. The van der Waals surface area contributed by atoms with Crippen molar-refractivity contribution in [3.05, 3.63) is 35.7 Å². The molecule has 0 aliphatic carbocycles. The van der Waals surface area contributed by atoms with Gasteiger partial charge in [0.05, 0.1) is 12.5 Å². The molecule has 1 aromatic carbocycles. The van der Waals surface area contributed by atoms with Crippen LogP contribution in [-0.4, -0.2) is 30.2 Å². The van der Waals surface area contributed by atoms with Crippen LogP contribution < -0.4 is 5.32 Å². The van der Waals surface area contributed by atoms with E-state index in [0.717, 1.165) is 18.2 Å².